The summed E-state index contributed by atoms with van der Waals surface area (Å²) >= 11 is 0.220. The molecule has 1 saturated heterocycles. The van der Waals surface area contributed by atoms with Gasteiger partial charge in [-0.1, -0.05) is 0 Å². The molecular formula is C14H16N6O2S2. The van der Waals surface area contributed by atoms with Crippen molar-refractivity contribution in [1.29, 1.82) is 0 Å². The highest BCUT2D eigenvalue weighted by atomic mass is 32.2. The Bertz CT molecular complexity index is 816. The van der Waals surface area contributed by atoms with Crippen LogP contribution in [0.1, 0.15) is 5.82 Å². The van der Waals surface area contributed by atoms with Crippen LogP contribution in [-0.4, -0.2) is 50.8 Å². The number of nitrogens with two attached hydrogens (primary N) is 1. The Labute approximate surface area is 145 Å². The number of thiophene rings is 1. The van der Waals surface area contributed by atoms with Crippen molar-refractivity contribution in [2.24, 2.45) is 0 Å². The number of aromatic amines is 1. The van der Waals surface area contributed by atoms with Crippen LogP contribution in [0.25, 0.3) is 11.0 Å². The van der Waals surface area contributed by atoms with Gasteiger partial charge in [0.25, 0.3) is 0 Å². The summed E-state index contributed by atoms with van der Waals surface area (Å²) in [5.74, 6) is 1.36. The number of rotatable bonds is 4. The third-order valence-corrected chi connectivity index (χ3v) is 5.61. The molecular weight excluding hydrogens is 348 g/mol. The number of hydrogen-bond acceptors (Lipinski definition) is 8. The highest BCUT2D eigenvalue weighted by Crippen LogP contribution is 2.23. The highest BCUT2D eigenvalue weighted by Gasteiger charge is 2.21. The lowest BCUT2D eigenvalue weighted by molar-refractivity contribution is 0.122. The molecule has 0 saturated carbocycles. The number of nitrogen functional groups attached to an aromatic ring is 1. The number of nitrogens with one attached hydrogen (secondary N) is 1. The number of anilines is 2. The van der Waals surface area contributed by atoms with Gasteiger partial charge < -0.3 is 19.9 Å². The summed E-state index contributed by atoms with van der Waals surface area (Å²) in [6.45, 7) is 2.76. The lowest BCUT2D eigenvalue weighted by Crippen LogP contribution is -2.37. The maximum Gasteiger partial charge on any atom is 0.322 e. The minimum atomic E-state index is -1.34. The standard InChI is InChI=1S/C14H16N6O2S2/c15-9-5-16-12(19-13(9)20-1-3-22-4-2-20)8-24(21)14-17-10-6-23-7-11(10)18-14/h5-7H,1-4,8,15H2,(H,17,18). The van der Waals surface area contributed by atoms with Crippen molar-refractivity contribution in [3.05, 3.63) is 22.8 Å². The maximum absolute atomic E-state index is 12.5. The minimum absolute atomic E-state index is 0.192. The number of fused-ring (bicyclic) bond motifs is 1. The SMILES string of the molecule is Nc1cnc(C[S+]([O-])c2nc3cscc3[nH]2)nc1N1CCOCC1. The summed E-state index contributed by atoms with van der Waals surface area (Å²) in [4.78, 5) is 18.2. The molecule has 0 aliphatic carbocycles. The molecule has 3 aromatic heterocycles. The second-order valence-corrected chi connectivity index (χ2v) is 7.48. The van der Waals surface area contributed by atoms with Crippen molar-refractivity contribution >= 4 is 45.1 Å². The van der Waals surface area contributed by atoms with Gasteiger partial charge in [-0.3, -0.25) is 4.98 Å². The Morgan fingerprint density at radius 2 is 2.17 bits per heavy atom. The molecule has 0 radical (unpaired) electrons. The highest BCUT2D eigenvalue weighted by molar-refractivity contribution is 7.90. The van der Waals surface area contributed by atoms with E-state index in [2.05, 4.69) is 24.8 Å². The second-order valence-electron chi connectivity index (χ2n) is 5.37. The van der Waals surface area contributed by atoms with Gasteiger partial charge in [-0.15, -0.1) is 11.3 Å². The molecule has 1 atom stereocenters. The van der Waals surface area contributed by atoms with Gasteiger partial charge in [0.15, 0.2) is 17.4 Å². The number of aromatic nitrogens is 4. The van der Waals surface area contributed by atoms with Gasteiger partial charge >= 0.3 is 5.16 Å². The number of hydrogen-bond donors (Lipinski definition) is 2. The van der Waals surface area contributed by atoms with Crippen LogP contribution in [0, 0.1) is 0 Å². The summed E-state index contributed by atoms with van der Waals surface area (Å²) < 4.78 is 17.9. The van der Waals surface area contributed by atoms with Gasteiger partial charge in [0, 0.05) is 35.0 Å². The fourth-order valence-corrected chi connectivity index (χ4v) is 4.16. The van der Waals surface area contributed by atoms with E-state index in [1.807, 2.05) is 10.8 Å². The number of nitrogens with zero attached hydrogens (tertiary/aromatic N) is 4. The first kappa shape index (κ1) is 15.6. The quantitative estimate of drug-likeness (QED) is 0.667. The summed E-state index contributed by atoms with van der Waals surface area (Å²) in [5, 5.41) is 4.31. The zero-order chi connectivity index (χ0) is 16.5. The molecule has 1 aliphatic rings. The minimum Gasteiger partial charge on any atom is -0.609 e. The number of morpholine rings is 1. The molecule has 3 N–H and O–H groups in total. The Hall–Kier alpha value is -1.88. The van der Waals surface area contributed by atoms with E-state index in [1.165, 1.54) is 0 Å². The average molecular weight is 364 g/mol. The van der Waals surface area contributed by atoms with E-state index in [0.717, 1.165) is 24.1 Å². The van der Waals surface area contributed by atoms with Crippen LogP contribution in [-0.2, 0) is 21.7 Å². The van der Waals surface area contributed by atoms with Crippen LogP contribution in [0.2, 0.25) is 0 Å². The zero-order valence-corrected chi connectivity index (χ0v) is 14.4. The number of imidazole rings is 1. The molecule has 1 aliphatic heterocycles. The van der Waals surface area contributed by atoms with Gasteiger partial charge in [0.2, 0.25) is 0 Å². The monoisotopic (exact) mass is 364 g/mol. The maximum atomic E-state index is 12.5. The zero-order valence-electron chi connectivity index (χ0n) is 12.8. The molecule has 0 spiro atoms. The van der Waals surface area contributed by atoms with E-state index in [0.29, 0.717) is 35.7 Å². The Kier molecular flexibility index (Phi) is 4.27. The summed E-state index contributed by atoms with van der Waals surface area (Å²) in [6.07, 6.45) is 1.57. The van der Waals surface area contributed by atoms with Crippen LogP contribution in [0.15, 0.2) is 22.1 Å². The van der Waals surface area contributed by atoms with Crippen molar-refractivity contribution < 1.29 is 9.29 Å². The second kappa shape index (κ2) is 6.55. The molecule has 24 heavy (non-hydrogen) atoms. The Morgan fingerprint density at radius 1 is 1.33 bits per heavy atom. The first-order valence-electron chi connectivity index (χ1n) is 7.45. The van der Waals surface area contributed by atoms with Gasteiger partial charge in [-0.2, -0.15) is 4.98 Å². The average Bonchev–Trinajstić information content (AvgIpc) is 3.19. The number of ether oxygens (including phenoxy) is 1. The van der Waals surface area contributed by atoms with E-state index in [-0.39, 0.29) is 5.75 Å². The van der Waals surface area contributed by atoms with Crippen LogP contribution in [0.3, 0.4) is 0 Å². The van der Waals surface area contributed by atoms with E-state index >= 15 is 0 Å². The smallest absolute Gasteiger partial charge is 0.322 e. The largest absolute Gasteiger partial charge is 0.609 e. The molecule has 126 valence electrons. The van der Waals surface area contributed by atoms with E-state index in [4.69, 9.17) is 10.5 Å². The van der Waals surface area contributed by atoms with Crippen LogP contribution in [0.4, 0.5) is 11.5 Å². The summed E-state index contributed by atoms with van der Waals surface area (Å²) in [6, 6.07) is 0. The Morgan fingerprint density at radius 3 is 2.96 bits per heavy atom. The van der Waals surface area contributed by atoms with Crippen LogP contribution >= 0.6 is 11.3 Å². The van der Waals surface area contributed by atoms with Crippen molar-refractivity contribution in [2.45, 2.75) is 10.9 Å². The van der Waals surface area contributed by atoms with Crippen molar-refractivity contribution in [1.82, 2.24) is 19.9 Å². The van der Waals surface area contributed by atoms with E-state index < -0.39 is 11.2 Å². The molecule has 0 bridgehead atoms. The third kappa shape index (κ3) is 3.05. The molecule has 1 unspecified atom stereocenters. The molecule has 8 nitrogen and oxygen atoms in total. The van der Waals surface area contributed by atoms with Gasteiger partial charge in [0.05, 0.1) is 30.6 Å². The molecule has 10 heteroatoms. The van der Waals surface area contributed by atoms with Gasteiger partial charge in [-0.05, 0) is 0 Å². The van der Waals surface area contributed by atoms with E-state index in [9.17, 15) is 4.55 Å². The Balaban J connectivity index is 1.54. The van der Waals surface area contributed by atoms with Crippen molar-refractivity contribution in [2.75, 3.05) is 36.9 Å². The fraction of sp³-hybridized carbons (Fsp3) is 0.357. The molecule has 3 aromatic rings. The molecule has 4 heterocycles. The lowest BCUT2D eigenvalue weighted by Gasteiger charge is -2.28. The van der Waals surface area contributed by atoms with E-state index in [1.54, 1.807) is 17.5 Å². The number of H-pyrrole nitrogens is 1. The van der Waals surface area contributed by atoms with Gasteiger partial charge in [0.1, 0.15) is 5.52 Å². The predicted molar refractivity (Wildman–Crippen MR) is 93.6 cm³/mol. The molecule has 0 amide bonds. The first-order valence-corrected chi connectivity index (χ1v) is 9.71. The fourth-order valence-electron chi connectivity index (χ4n) is 2.53. The topological polar surface area (TPSA) is 116 Å². The third-order valence-electron chi connectivity index (χ3n) is 3.74. The van der Waals surface area contributed by atoms with Crippen molar-refractivity contribution in [3.63, 3.8) is 0 Å². The molecule has 4 rings (SSSR count). The van der Waals surface area contributed by atoms with Crippen LogP contribution < -0.4 is 10.6 Å². The first-order chi connectivity index (χ1) is 11.7. The molecule has 0 aromatic carbocycles. The normalized spacial score (nSPS) is 16.6. The molecule has 1 fully saturated rings. The summed E-state index contributed by atoms with van der Waals surface area (Å²) in [7, 11) is 0. The van der Waals surface area contributed by atoms with Crippen molar-refractivity contribution in [3.8, 4) is 0 Å². The summed E-state index contributed by atoms with van der Waals surface area (Å²) in [5.41, 5.74) is 8.24. The predicted octanol–water partition coefficient (Wildman–Crippen LogP) is 1.14. The lowest BCUT2D eigenvalue weighted by atomic mass is 10.3. The van der Waals surface area contributed by atoms with Crippen LogP contribution in [0.5, 0.6) is 0 Å². The van der Waals surface area contributed by atoms with Gasteiger partial charge in [-0.25, -0.2) is 9.97 Å².